The summed E-state index contributed by atoms with van der Waals surface area (Å²) >= 11 is 0. The van der Waals surface area contributed by atoms with E-state index in [1.165, 1.54) is 76.5 Å². The predicted molar refractivity (Wildman–Crippen MR) is 173 cm³/mol. The average molecular weight is 507 g/mol. The molecule has 0 aliphatic heterocycles. The zero-order valence-electron chi connectivity index (χ0n) is 22.0. The molecular formula is C40H26. The normalized spacial score (nSPS) is 11.5. The Kier molecular flexibility index (Phi) is 5.24. The van der Waals surface area contributed by atoms with E-state index in [2.05, 4.69) is 158 Å². The lowest BCUT2D eigenvalue weighted by molar-refractivity contribution is 1.59. The summed E-state index contributed by atoms with van der Waals surface area (Å²) in [5, 5.41) is 10.2. The fourth-order valence-corrected chi connectivity index (χ4v) is 6.24. The molecule has 186 valence electrons. The lowest BCUT2D eigenvalue weighted by Crippen LogP contribution is -1.90. The highest BCUT2D eigenvalue weighted by Gasteiger charge is 2.15. The summed E-state index contributed by atoms with van der Waals surface area (Å²) in [6, 6.07) is 57.7. The van der Waals surface area contributed by atoms with Crippen LogP contribution >= 0.6 is 0 Å². The Bertz CT molecular complexity index is 2200. The van der Waals surface area contributed by atoms with Crippen LogP contribution in [0, 0.1) is 0 Å². The zero-order chi connectivity index (χ0) is 26.5. The molecule has 0 aliphatic rings. The van der Waals surface area contributed by atoms with Crippen LogP contribution in [0.25, 0.3) is 76.5 Å². The SMILES string of the molecule is c1ccc(-c2cc(-c3ccc4ccccc4c3)cc(-c3c4ccccc4cc4c3ccc3ccccc34)c2)cc1. The molecule has 40 heavy (non-hydrogen) atoms. The molecule has 8 rings (SSSR count). The summed E-state index contributed by atoms with van der Waals surface area (Å²) < 4.78 is 0. The molecule has 0 fully saturated rings. The summed E-state index contributed by atoms with van der Waals surface area (Å²) in [5.74, 6) is 0. The van der Waals surface area contributed by atoms with E-state index >= 15 is 0 Å². The van der Waals surface area contributed by atoms with Gasteiger partial charge in [-0.2, -0.15) is 0 Å². The number of hydrogen-bond acceptors (Lipinski definition) is 0. The van der Waals surface area contributed by atoms with Crippen LogP contribution < -0.4 is 0 Å². The van der Waals surface area contributed by atoms with Crippen molar-refractivity contribution in [2.45, 2.75) is 0 Å². The Labute approximate surface area is 233 Å². The maximum atomic E-state index is 2.38. The first kappa shape index (κ1) is 22.8. The Morgan fingerprint density at radius 3 is 1.65 bits per heavy atom. The van der Waals surface area contributed by atoms with Crippen LogP contribution in [0.15, 0.2) is 158 Å². The molecule has 0 bridgehead atoms. The third-order valence-electron chi connectivity index (χ3n) is 8.18. The van der Waals surface area contributed by atoms with Crippen LogP contribution in [0.4, 0.5) is 0 Å². The van der Waals surface area contributed by atoms with Gasteiger partial charge in [0.25, 0.3) is 0 Å². The van der Waals surface area contributed by atoms with Gasteiger partial charge in [0.2, 0.25) is 0 Å². The van der Waals surface area contributed by atoms with Crippen molar-refractivity contribution in [2.75, 3.05) is 0 Å². The van der Waals surface area contributed by atoms with E-state index in [0.29, 0.717) is 0 Å². The molecule has 8 aromatic rings. The third-order valence-corrected chi connectivity index (χ3v) is 8.18. The van der Waals surface area contributed by atoms with Crippen LogP contribution in [0.5, 0.6) is 0 Å². The smallest absolute Gasteiger partial charge is 0.00262 e. The highest BCUT2D eigenvalue weighted by atomic mass is 14.2. The van der Waals surface area contributed by atoms with Gasteiger partial charge in [0, 0.05) is 0 Å². The van der Waals surface area contributed by atoms with E-state index in [1.54, 1.807) is 0 Å². The van der Waals surface area contributed by atoms with Gasteiger partial charge in [-0.25, -0.2) is 0 Å². The first-order valence-corrected chi connectivity index (χ1v) is 13.9. The molecule has 0 radical (unpaired) electrons. The average Bonchev–Trinajstić information content (AvgIpc) is 3.03. The van der Waals surface area contributed by atoms with Crippen LogP contribution in [0.2, 0.25) is 0 Å². The molecule has 0 heteroatoms. The summed E-state index contributed by atoms with van der Waals surface area (Å²) in [7, 11) is 0. The third kappa shape index (κ3) is 3.77. The number of fused-ring (bicyclic) bond motifs is 5. The molecule has 0 saturated heterocycles. The van der Waals surface area contributed by atoms with E-state index in [0.717, 1.165) is 0 Å². The molecule has 0 N–H and O–H groups in total. The maximum Gasteiger partial charge on any atom is -0.00262 e. The van der Waals surface area contributed by atoms with Gasteiger partial charge in [-0.1, -0.05) is 127 Å². The Morgan fingerprint density at radius 2 is 0.825 bits per heavy atom. The first-order valence-electron chi connectivity index (χ1n) is 13.9. The van der Waals surface area contributed by atoms with Gasteiger partial charge in [0.05, 0.1) is 0 Å². The molecular weight excluding hydrogens is 480 g/mol. The lowest BCUT2D eigenvalue weighted by atomic mass is 9.87. The number of benzene rings is 8. The van der Waals surface area contributed by atoms with Crippen molar-refractivity contribution in [3.05, 3.63) is 158 Å². The number of rotatable bonds is 3. The molecule has 0 aromatic heterocycles. The fraction of sp³-hybridized carbons (Fsp3) is 0. The van der Waals surface area contributed by atoms with Gasteiger partial charge in [-0.3, -0.25) is 0 Å². The van der Waals surface area contributed by atoms with Gasteiger partial charge in [-0.15, -0.1) is 0 Å². The van der Waals surface area contributed by atoms with Crippen molar-refractivity contribution in [1.82, 2.24) is 0 Å². The van der Waals surface area contributed by atoms with E-state index in [4.69, 9.17) is 0 Å². The Balaban J connectivity index is 1.47. The first-order chi connectivity index (χ1) is 19.8. The molecule has 0 amide bonds. The topological polar surface area (TPSA) is 0 Å². The Hall–Kier alpha value is -5.20. The minimum atomic E-state index is 1.22. The van der Waals surface area contributed by atoms with E-state index in [9.17, 15) is 0 Å². The van der Waals surface area contributed by atoms with Crippen LogP contribution in [-0.4, -0.2) is 0 Å². The van der Waals surface area contributed by atoms with Crippen LogP contribution in [-0.2, 0) is 0 Å². The summed E-state index contributed by atoms with van der Waals surface area (Å²) in [6.45, 7) is 0. The summed E-state index contributed by atoms with van der Waals surface area (Å²) in [6.07, 6.45) is 0. The van der Waals surface area contributed by atoms with Gasteiger partial charge in [-0.05, 0) is 107 Å². The molecule has 0 heterocycles. The molecule has 0 aliphatic carbocycles. The van der Waals surface area contributed by atoms with Crippen molar-refractivity contribution < 1.29 is 0 Å². The van der Waals surface area contributed by atoms with Gasteiger partial charge in [0.15, 0.2) is 0 Å². The highest BCUT2D eigenvalue weighted by Crippen LogP contribution is 2.42. The second-order valence-electron chi connectivity index (χ2n) is 10.6. The lowest BCUT2D eigenvalue weighted by Gasteiger charge is -2.17. The molecule has 0 saturated carbocycles. The van der Waals surface area contributed by atoms with Crippen molar-refractivity contribution >= 4 is 43.1 Å². The second-order valence-corrected chi connectivity index (χ2v) is 10.6. The molecule has 0 unspecified atom stereocenters. The van der Waals surface area contributed by atoms with Crippen molar-refractivity contribution in [3.63, 3.8) is 0 Å². The molecule has 8 aromatic carbocycles. The zero-order valence-corrected chi connectivity index (χ0v) is 22.0. The highest BCUT2D eigenvalue weighted by molar-refractivity contribution is 6.20. The Morgan fingerprint density at radius 1 is 0.225 bits per heavy atom. The maximum absolute atomic E-state index is 2.38. The fourth-order valence-electron chi connectivity index (χ4n) is 6.24. The van der Waals surface area contributed by atoms with Crippen molar-refractivity contribution in [3.8, 4) is 33.4 Å². The van der Waals surface area contributed by atoms with Crippen molar-refractivity contribution in [1.29, 1.82) is 0 Å². The number of hydrogen-bond donors (Lipinski definition) is 0. The van der Waals surface area contributed by atoms with Gasteiger partial charge in [0.1, 0.15) is 0 Å². The van der Waals surface area contributed by atoms with E-state index in [-0.39, 0.29) is 0 Å². The summed E-state index contributed by atoms with van der Waals surface area (Å²) in [4.78, 5) is 0. The van der Waals surface area contributed by atoms with Crippen LogP contribution in [0.1, 0.15) is 0 Å². The molecule has 0 nitrogen and oxygen atoms in total. The van der Waals surface area contributed by atoms with E-state index in [1.807, 2.05) is 0 Å². The summed E-state index contributed by atoms with van der Waals surface area (Å²) in [5.41, 5.74) is 7.43. The quantitative estimate of drug-likeness (QED) is 0.165. The largest absolute Gasteiger partial charge is 0.0622 e. The van der Waals surface area contributed by atoms with E-state index < -0.39 is 0 Å². The minimum absolute atomic E-state index is 1.22. The second kappa shape index (κ2) is 9.22. The molecule has 0 spiro atoms. The van der Waals surface area contributed by atoms with Gasteiger partial charge < -0.3 is 0 Å². The van der Waals surface area contributed by atoms with Gasteiger partial charge >= 0.3 is 0 Å². The molecule has 0 atom stereocenters. The standard InChI is InChI=1S/C40H26/c1-2-10-27(11-3-1)33-23-34(31-19-18-28-12-4-5-14-30(28)22-31)25-35(24-33)40-37-17-9-7-15-32(37)26-39-36-16-8-6-13-29(36)20-21-38(39)40/h1-26H. The minimum Gasteiger partial charge on any atom is -0.0622 e. The monoisotopic (exact) mass is 506 g/mol. The van der Waals surface area contributed by atoms with Crippen LogP contribution in [0.3, 0.4) is 0 Å². The van der Waals surface area contributed by atoms with Crippen molar-refractivity contribution in [2.24, 2.45) is 0 Å². The predicted octanol–water partition coefficient (Wildman–Crippen LogP) is 11.3.